The highest BCUT2D eigenvalue weighted by atomic mass is 28.3. The molecule has 0 bridgehead atoms. The van der Waals surface area contributed by atoms with E-state index in [1.807, 2.05) is 6.08 Å². The first-order valence-corrected chi connectivity index (χ1v) is 12.7. The summed E-state index contributed by atoms with van der Waals surface area (Å²) in [4.78, 5) is 0. The van der Waals surface area contributed by atoms with Crippen LogP contribution in [0.4, 0.5) is 0 Å². The summed E-state index contributed by atoms with van der Waals surface area (Å²) in [5, 5.41) is 1.55. The van der Waals surface area contributed by atoms with E-state index in [2.05, 4.69) is 73.9 Å². The Kier molecular flexibility index (Phi) is 6.16. The highest BCUT2D eigenvalue weighted by Crippen LogP contribution is 2.61. The second-order valence-corrected chi connectivity index (χ2v) is 14.2. The maximum Gasteiger partial charge on any atom is 0.135 e. The Labute approximate surface area is 151 Å². The van der Waals surface area contributed by atoms with Crippen molar-refractivity contribution in [3.05, 3.63) is 47.5 Å². The van der Waals surface area contributed by atoms with Gasteiger partial charge in [0.05, 0.1) is 34.3 Å². The Bertz CT molecular complexity index is 575. The van der Waals surface area contributed by atoms with Crippen LogP contribution in [0.3, 0.4) is 0 Å². The minimum atomic E-state index is -1.29. The molecule has 1 saturated carbocycles. The van der Waals surface area contributed by atoms with Gasteiger partial charge in [0, 0.05) is 11.3 Å². The average Bonchev–Trinajstić information content (AvgIpc) is 3.11. The van der Waals surface area contributed by atoms with Crippen molar-refractivity contribution >= 4 is 8.07 Å². The van der Waals surface area contributed by atoms with Gasteiger partial charge in [0.1, 0.15) is 5.54 Å². The second-order valence-electron chi connectivity index (χ2n) is 8.96. The van der Waals surface area contributed by atoms with Crippen molar-refractivity contribution < 1.29 is 4.48 Å². The lowest BCUT2D eigenvalue weighted by molar-refractivity contribution is -0.874. The van der Waals surface area contributed by atoms with Gasteiger partial charge in [0.15, 0.2) is 0 Å². The molecule has 1 aliphatic rings. The summed E-state index contributed by atoms with van der Waals surface area (Å²) in [5.74, 6) is 0.396. The normalized spacial score (nSPS) is 27.0. The molecule has 3 heteroatoms. The van der Waals surface area contributed by atoms with Crippen molar-refractivity contribution in [3.63, 3.8) is 0 Å². The zero-order chi connectivity index (χ0) is 18.9. The van der Waals surface area contributed by atoms with Crippen LogP contribution >= 0.6 is 0 Å². The standard InChI is InChI=1S/C21H39N2Si/c1-11-13-14-18(22)20-19(16(3)12-2)21(20,5)23(6,7)15-17(4)24(8,9)10/h11,15,19H,1,3,12-14,22H2,2,4-10H3/q+1/b17-15+,20-18+. The third-order valence-electron chi connectivity index (χ3n) is 6.04. The van der Waals surface area contributed by atoms with Crippen LogP contribution in [0, 0.1) is 5.92 Å². The maximum absolute atomic E-state index is 6.51. The Morgan fingerprint density at radius 2 is 1.88 bits per heavy atom. The van der Waals surface area contributed by atoms with Gasteiger partial charge < -0.3 is 5.73 Å². The number of quaternary nitrogens is 1. The molecule has 0 amide bonds. The van der Waals surface area contributed by atoms with Crippen LogP contribution in [0.2, 0.25) is 19.6 Å². The molecule has 0 heterocycles. The smallest absolute Gasteiger partial charge is 0.135 e. The molecule has 2 N–H and O–H groups in total. The SMILES string of the molecule is C=CCC/C(N)=C1/C(C(=C)CC)C1(C)[N+](C)(C)/C=C(\C)[Si](C)(C)C. The van der Waals surface area contributed by atoms with Crippen molar-refractivity contribution in [2.45, 2.75) is 65.2 Å². The first-order chi connectivity index (χ1) is 10.8. The predicted molar refractivity (Wildman–Crippen MR) is 111 cm³/mol. The van der Waals surface area contributed by atoms with Crippen LogP contribution in [0.25, 0.3) is 0 Å². The molecule has 24 heavy (non-hydrogen) atoms. The van der Waals surface area contributed by atoms with E-state index >= 15 is 0 Å². The molecule has 0 radical (unpaired) electrons. The van der Waals surface area contributed by atoms with Crippen LogP contribution in [0.15, 0.2) is 47.5 Å². The fraction of sp³-hybridized carbons (Fsp3) is 0.619. The number of allylic oxidation sites excluding steroid dienone is 3. The summed E-state index contributed by atoms with van der Waals surface area (Å²) in [5.41, 5.74) is 10.3. The van der Waals surface area contributed by atoms with E-state index in [0.29, 0.717) is 5.92 Å². The van der Waals surface area contributed by atoms with Crippen molar-refractivity contribution in [1.82, 2.24) is 0 Å². The Balaban J connectivity index is 3.35. The van der Waals surface area contributed by atoms with Crippen LogP contribution in [-0.4, -0.2) is 32.2 Å². The summed E-state index contributed by atoms with van der Waals surface area (Å²) >= 11 is 0. The molecule has 0 aromatic heterocycles. The fourth-order valence-electron chi connectivity index (χ4n) is 3.59. The minimum absolute atomic E-state index is 0.0270. The maximum atomic E-state index is 6.51. The topological polar surface area (TPSA) is 26.0 Å². The second kappa shape index (κ2) is 7.05. The molecule has 0 aliphatic heterocycles. The van der Waals surface area contributed by atoms with E-state index in [1.165, 1.54) is 11.1 Å². The molecule has 0 spiro atoms. The quantitative estimate of drug-likeness (QED) is 0.356. The number of hydrogen-bond donors (Lipinski definition) is 1. The van der Waals surface area contributed by atoms with Crippen LogP contribution in [-0.2, 0) is 0 Å². The molecular formula is C21H39N2Si+. The zero-order valence-corrected chi connectivity index (χ0v) is 18.3. The number of nitrogens with two attached hydrogens (primary N) is 1. The average molecular weight is 348 g/mol. The molecule has 1 fully saturated rings. The van der Waals surface area contributed by atoms with Gasteiger partial charge in [-0.2, -0.15) is 0 Å². The first-order valence-electron chi connectivity index (χ1n) is 9.15. The number of likely N-dealkylation sites (N-methyl/N-ethyl adjacent to an activating group) is 1. The van der Waals surface area contributed by atoms with E-state index in [9.17, 15) is 0 Å². The van der Waals surface area contributed by atoms with E-state index in [0.717, 1.165) is 29.4 Å². The number of rotatable bonds is 8. The van der Waals surface area contributed by atoms with E-state index in [-0.39, 0.29) is 5.54 Å². The van der Waals surface area contributed by atoms with Crippen molar-refractivity contribution in [2.75, 3.05) is 14.1 Å². The third kappa shape index (κ3) is 3.78. The highest BCUT2D eigenvalue weighted by molar-refractivity contribution is 6.82. The highest BCUT2D eigenvalue weighted by Gasteiger charge is 2.68. The third-order valence-corrected chi connectivity index (χ3v) is 8.53. The molecule has 0 saturated heterocycles. The van der Waals surface area contributed by atoms with Crippen molar-refractivity contribution in [2.24, 2.45) is 11.7 Å². The number of hydrogen-bond acceptors (Lipinski definition) is 1. The lowest BCUT2D eigenvalue weighted by atomic mass is 10.0. The predicted octanol–water partition coefficient (Wildman–Crippen LogP) is 5.38. The first kappa shape index (κ1) is 21.0. The van der Waals surface area contributed by atoms with Crippen molar-refractivity contribution in [1.29, 1.82) is 0 Å². The lowest BCUT2D eigenvalue weighted by Crippen LogP contribution is -2.47. The summed E-state index contributed by atoms with van der Waals surface area (Å²) in [6.07, 6.45) is 7.27. The fourth-order valence-corrected chi connectivity index (χ4v) is 4.30. The van der Waals surface area contributed by atoms with Gasteiger partial charge in [-0.25, -0.2) is 0 Å². The summed E-state index contributed by atoms with van der Waals surface area (Å²) in [6, 6.07) is 0. The van der Waals surface area contributed by atoms with Gasteiger partial charge in [0.2, 0.25) is 0 Å². The van der Waals surface area contributed by atoms with Crippen molar-refractivity contribution in [3.8, 4) is 0 Å². The molecule has 2 nitrogen and oxygen atoms in total. The van der Waals surface area contributed by atoms with E-state index in [4.69, 9.17) is 5.73 Å². The van der Waals surface area contributed by atoms with Crippen LogP contribution < -0.4 is 5.73 Å². The van der Waals surface area contributed by atoms with Gasteiger partial charge in [-0.15, -0.1) is 6.58 Å². The van der Waals surface area contributed by atoms with Crippen LogP contribution in [0.1, 0.15) is 40.0 Å². The Morgan fingerprint density at radius 1 is 1.33 bits per heavy atom. The van der Waals surface area contributed by atoms with Gasteiger partial charge >= 0.3 is 0 Å². The van der Waals surface area contributed by atoms with E-state index < -0.39 is 8.07 Å². The molecule has 0 aromatic carbocycles. The van der Waals surface area contributed by atoms with E-state index in [1.54, 1.807) is 5.20 Å². The Morgan fingerprint density at radius 3 is 2.29 bits per heavy atom. The number of nitrogens with zero attached hydrogens (tertiary/aromatic N) is 1. The largest absolute Gasteiger partial charge is 0.402 e. The van der Waals surface area contributed by atoms with Crippen LogP contribution in [0.5, 0.6) is 0 Å². The molecule has 2 unspecified atom stereocenters. The molecular weight excluding hydrogens is 308 g/mol. The molecule has 1 rings (SSSR count). The zero-order valence-electron chi connectivity index (χ0n) is 17.3. The minimum Gasteiger partial charge on any atom is -0.402 e. The lowest BCUT2D eigenvalue weighted by Gasteiger charge is -2.36. The summed E-state index contributed by atoms with van der Waals surface area (Å²) in [7, 11) is 3.34. The van der Waals surface area contributed by atoms with Gasteiger partial charge in [-0.1, -0.05) is 44.8 Å². The molecule has 0 aromatic rings. The summed E-state index contributed by atoms with van der Waals surface area (Å²) < 4.78 is 0.844. The van der Waals surface area contributed by atoms with Gasteiger partial charge in [0.25, 0.3) is 0 Å². The van der Waals surface area contributed by atoms with Gasteiger partial charge in [-0.05, 0) is 38.3 Å². The molecule has 2 atom stereocenters. The van der Waals surface area contributed by atoms with Gasteiger partial charge in [-0.3, -0.25) is 4.48 Å². The molecule has 136 valence electrons. The summed E-state index contributed by atoms with van der Waals surface area (Å²) in [6.45, 7) is 22.3. The Hall–Kier alpha value is -1.06. The monoisotopic (exact) mass is 347 g/mol. The molecule has 1 aliphatic carbocycles.